The molecule has 0 aromatic rings. The van der Waals surface area contributed by atoms with Crippen molar-refractivity contribution < 1.29 is 9.90 Å². The zero-order valence-corrected chi connectivity index (χ0v) is 10.0. The van der Waals surface area contributed by atoms with E-state index in [0.717, 1.165) is 45.3 Å². The molecule has 16 heavy (non-hydrogen) atoms. The fraction of sp³-hybridized carbons (Fsp3) is 0.917. The van der Waals surface area contributed by atoms with E-state index in [1.165, 1.54) is 0 Å². The third kappa shape index (κ3) is 2.74. The van der Waals surface area contributed by atoms with Crippen LogP contribution in [0.25, 0.3) is 0 Å². The topological polar surface area (TPSA) is 52.6 Å². The molecule has 2 aliphatic heterocycles. The number of rotatable bonds is 1. The van der Waals surface area contributed by atoms with Gasteiger partial charge in [0, 0.05) is 19.6 Å². The molecule has 2 fully saturated rings. The first-order valence-electron chi connectivity index (χ1n) is 6.30. The zero-order chi connectivity index (χ0) is 11.6. The van der Waals surface area contributed by atoms with Gasteiger partial charge in [-0.1, -0.05) is 0 Å². The molecule has 2 N–H and O–H groups in total. The van der Waals surface area contributed by atoms with E-state index in [1.807, 2.05) is 11.8 Å². The van der Waals surface area contributed by atoms with Crippen molar-refractivity contribution in [2.75, 3.05) is 26.2 Å². The molecular formula is C12H22N2O2. The Morgan fingerprint density at radius 2 is 2.31 bits per heavy atom. The summed E-state index contributed by atoms with van der Waals surface area (Å²) in [6.07, 6.45) is 3.80. The number of amides is 1. The summed E-state index contributed by atoms with van der Waals surface area (Å²) < 4.78 is 0. The van der Waals surface area contributed by atoms with Gasteiger partial charge in [0.05, 0.1) is 11.5 Å². The molecular weight excluding hydrogens is 204 g/mol. The molecule has 0 saturated carbocycles. The lowest BCUT2D eigenvalue weighted by Crippen LogP contribution is -2.52. The molecule has 0 bridgehead atoms. The summed E-state index contributed by atoms with van der Waals surface area (Å²) in [5.41, 5.74) is -0.685. The number of β-amino-alcohol motifs (C(OH)–C–C–N with tert-alkyl or cyclic N) is 1. The first kappa shape index (κ1) is 11.9. The van der Waals surface area contributed by atoms with E-state index in [2.05, 4.69) is 5.32 Å². The van der Waals surface area contributed by atoms with E-state index >= 15 is 0 Å². The van der Waals surface area contributed by atoms with Crippen molar-refractivity contribution in [1.29, 1.82) is 0 Å². The van der Waals surface area contributed by atoms with Crippen molar-refractivity contribution >= 4 is 5.91 Å². The van der Waals surface area contributed by atoms with Gasteiger partial charge in [-0.2, -0.15) is 0 Å². The van der Waals surface area contributed by atoms with Gasteiger partial charge < -0.3 is 15.3 Å². The van der Waals surface area contributed by atoms with E-state index < -0.39 is 5.60 Å². The first-order valence-corrected chi connectivity index (χ1v) is 6.30. The van der Waals surface area contributed by atoms with Gasteiger partial charge in [-0.3, -0.25) is 4.79 Å². The van der Waals surface area contributed by atoms with Crippen LogP contribution in [0.1, 0.15) is 32.6 Å². The van der Waals surface area contributed by atoms with Crippen LogP contribution in [-0.2, 0) is 4.79 Å². The number of piperidine rings is 2. The van der Waals surface area contributed by atoms with Crippen LogP contribution < -0.4 is 5.32 Å². The Morgan fingerprint density at radius 1 is 1.50 bits per heavy atom. The number of likely N-dealkylation sites (tertiary alicyclic amines) is 1. The van der Waals surface area contributed by atoms with Crippen molar-refractivity contribution in [3.63, 3.8) is 0 Å². The molecule has 2 rings (SSSR count). The number of hydrogen-bond acceptors (Lipinski definition) is 3. The molecule has 2 unspecified atom stereocenters. The smallest absolute Gasteiger partial charge is 0.227 e. The van der Waals surface area contributed by atoms with Gasteiger partial charge in [0.1, 0.15) is 0 Å². The van der Waals surface area contributed by atoms with E-state index in [1.54, 1.807) is 0 Å². The van der Waals surface area contributed by atoms with Gasteiger partial charge in [-0.25, -0.2) is 0 Å². The third-order valence-corrected chi connectivity index (χ3v) is 3.63. The predicted molar refractivity (Wildman–Crippen MR) is 62.0 cm³/mol. The van der Waals surface area contributed by atoms with Crippen LogP contribution in [0, 0.1) is 5.92 Å². The SMILES string of the molecule is CC1(O)CCCN(C(=O)C2CCCNC2)C1. The Hall–Kier alpha value is -0.610. The summed E-state index contributed by atoms with van der Waals surface area (Å²) >= 11 is 0. The van der Waals surface area contributed by atoms with Crippen molar-refractivity contribution in [3.05, 3.63) is 0 Å². The molecule has 0 spiro atoms. The van der Waals surface area contributed by atoms with Gasteiger partial charge in [-0.15, -0.1) is 0 Å². The van der Waals surface area contributed by atoms with Crippen molar-refractivity contribution in [1.82, 2.24) is 10.2 Å². The van der Waals surface area contributed by atoms with Gasteiger partial charge in [0.15, 0.2) is 0 Å². The Labute approximate surface area is 97.0 Å². The standard InChI is InChI=1S/C12H22N2O2/c1-12(16)5-3-7-14(9-12)11(15)10-4-2-6-13-8-10/h10,13,16H,2-9H2,1H3. The highest BCUT2D eigenvalue weighted by atomic mass is 16.3. The minimum atomic E-state index is -0.685. The largest absolute Gasteiger partial charge is 0.388 e. The summed E-state index contributed by atoms with van der Waals surface area (Å²) in [6.45, 7) is 4.97. The lowest BCUT2D eigenvalue weighted by Gasteiger charge is -2.39. The molecule has 0 aromatic heterocycles. The molecule has 2 atom stereocenters. The van der Waals surface area contributed by atoms with Crippen LogP contribution in [0.5, 0.6) is 0 Å². The molecule has 4 heteroatoms. The monoisotopic (exact) mass is 226 g/mol. The summed E-state index contributed by atoms with van der Waals surface area (Å²) in [4.78, 5) is 14.1. The number of aliphatic hydroxyl groups is 1. The molecule has 0 aromatic carbocycles. The van der Waals surface area contributed by atoms with E-state index in [-0.39, 0.29) is 11.8 Å². The minimum Gasteiger partial charge on any atom is -0.388 e. The van der Waals surface area contributed by atoms with Crippen LogP contribution >= 0.6 is 0 Å². The maximum Gasteiger partial charge on any atom is 0.227 e. The minimum absolute atomic E-state index is 0.127. The van der Waals surface area contributed by atoms with Crippen LogP contribution in [0.15, 0.2) is 0 Å². The fourth-order valence-corrected chi connectivity index (χ4v) is 2.73. The number of nitrogens with one attached hydrogen (secondary N) is 1. The molecule has 2 aliphatic rings. The van der Waals surface area contributed by atoms with Gasteiger partial charge in [-0.05, 0) is 39.2 Å². The Morgan fingerprint density at radius 3 is 2.94 bits per heavy atom. The fourth-order valence-electron chi connectivity index (χ4n) is 2.73. The van der Waals surface area contributed by atoms with E-state index in [4.69, 9.17) is 0 Å². The molecule has 92 valence electrons. The highest BCUT2D eigenvalue weighted by molar-refractivity contribution is 5.79. The number of hydrogen-bond donors (Lipinski definition) is 2. The summed E-state index contributed by atoms with van der Waals surface area (Å²) in [6, 6.07) is 0. The Kier molecular flexibility index (Phi) is 3.50. The predicted octanol–water partition coefficient (Wildman–Crippen LogP) is 0.359. The maximum atomic E-state index is 12.2. The zero-order valence-electron chi connectivity index (χ0n) is 10.0. The quantitative estimate of drug-likeness (QED) is 0.679. The van der Waals surface area contributed by atoms with Gasteiger partial charge in [0.2, 0.25) is 5.91 Å². The van der Waals surface area contributed by atoms with Crippen molar-refractivity contribution in [3.8, 4) is 0 Å². The molecule has 2 saturated heterocycles. The highest BCUT2D eigenvalue weighted by Gasteiger charge is 2.34. The number of carbonyl (C=O) groups is 1. The van der Waals surface area contributed by atoms with Gasteiger partial charge in [0.25, 0.3) is 0 Å². The van der Waals surface area contributed by atoms with Crippen LogP contribution in [-0.4, -0.2) is 47.7 Å². The second-order valence-electron chi connectivity index (χ2n) is 5.40. The van der Waals surface area contributed by atoms with Gasteiger partial charge >= 0.3 is 0 Å². The second-order valence-corrected chi connectivity index (χ2v) is 5.40. The summed E-state index contributed by atoms with van der Waals surface area (Å²) in [5, 5.41) is 13.2. The molecule has 4 nitrogen and oxygen atoms in total. The lowest BCUT2D eigenvalue weighted by molar-refractivity contribution is -0.142. The Bertz CT molecular complexity index is 260. The summed E-state index contributed by atoms with van der Waals surface area (Å²) in [5.74, 6) is 0.356. The molecule has 0 aliphatic carbocycles. The van der Waals surface area contributed by atoms with Crippen LogP contribution in [0.2, 0.25) is 0 Å². The highest BCUT2D eigenvalue weighted by Crippen LogP contribution is 2.23. The molecule has 0 radical (unpaired) electrons. The average Bonchev–Trinajstić information content (AvgIpc) is 2.28. The number of nitrogens with zero attached hydrogens (tertiary/aromatic N) is 1. The molecule has 1 amide bonds. The van der Waals surface area contributed by atoms with E-state index in [9.17, 15) is 9.90 Å². The number of carbonyl (C=O) groups excluding carboxylic acids is 1. The van der Waals surface area contributed by atoms with Crippen molar-refractivity contribution in [2.45, 2.75) is 38.2 Å². The molecule has 2 heterocycles. The van der Waals surface area contributed by atoms with Crippen LogP contribution in [0.3, 0.4) is 0 Å². The van der Waals surface area contributed by atoms with E-state index in [0.29, 0.717) is 6.54 Å². The Balaban J connectivity index is 1.93. The normalized spacial score (nSPS) is 36.1. The summed E-state index contributed by atoms with van der Waals surface area (Å²) in [7, 11) is 0. The lowest BCUT2D eigenvalue weighted by atomic mass is 9.92. The maximum absolute atomic E-state index is 12.2. The second kappa shape index (κ2) is 4.72. The third-order valence-electron chi connectivity index (χ3n) is 3.63. The van der Waals surface area contributed by atoms with Crippen LogP contribution in [0.4, 0.5) is 0 Å². The van der Waals surface area contributed by atoms with Crippen molar-refractivity contribution in [2.24, 2.45) is 5.92 Å². The first-order chi connectivity index (χ1) is 7.58. The average molecular weight is 226 g/mol.